The van der Waals surface area contributed by atoms with Gasteiger partial charge in [0.05, 0.1) is 16.7 Å². The molecule has 0 spiro atoms. The van der Waals surface area contributed by atoms with Gasteiger partial charge in [-0.1, -0.05) is 37.6 Å². The fourth-order valence-electron chi connectivity index (χ4n) is 2.67. The number of halogens is 2. The molecule has 1 heterocycles. The second kappa shape index (κ2) is 9.97. The molecule has 0 aromatic heterocycles. The quantitative estimate of drug-likeness (QED) is 0.588. The Morgan fingerprint density at radius 3 is 2.56 bits per heavy atom. The number of aliphatic hydroxyl groups is 1. The minimum absolute atomic E-state index is 0. The Morgan fingerprint density at radius 1 is 1.32 bits per heavy atom. The zero-order valence-electron chi connectivity index (χ0n) is 14.3. The smallest absolute Gasteiger partial charge is 0.253 e. The lowest BCUT2D eigenvalue weighted by atomic mass is 10.0. The van der Waals surface area contributed by atoms with Gasteiger partial charge in [0.25, 0.3) is 5.91 Å². The average Bonchev–Trinajstić information content (AvgIpc) is 2.95. The molecule has 0 saturated carbocycles. The molecule has 8 heteroatoms. The van der Waals surface area contributed by atoms with Gasteiger partial charge in [-0.05, 0) is 18.1 Å². The number of β-amino-alcohol motifs (C(OH)–C–C–N with tert-alkyl or cyclic N) is 1. The van der Waals surface area contributed by atoms with E-state index in [9.17, 15) is 14.7 Å². The van der Waals surface area contributed by atoms with Crippen LogP contribution in [0.1, 0.15) is 24.2 Å². The van der Waals surface area contributed by atoms with E-state index in [4.69, 9.17) is 11.6 Å². The number of rotatable bonds is 6. The van der Waals surface area contributed by atoms with Gasteiger partial charge in [-0.3, -0.25) is 9.59 Å². The van der Waals surface area contributed by atoms with Gasteiger partial charge in [0.1, 0.15) is 6.04 Å². The van der Waals surface area contributed by atoms with Gasteiger partial charge in [0.15, 0.2) is 0 Å². The summed E-state index contributed by atoms with van der Waals surface area (Å²) in [6.07, 6.45) is -0.458. The third kappa shape index (κ3) is 5.85. The predicted molar refractivity (Wildman–Crippen MR) is 100 cm³/mol. The predicted octanol–water partition coefficient (Wildman–Crippen LogP) is 1.21. The molecule has 1 aromatic rings. The van der Waals surface area contributed by atoms with Gasteiger partial charge in [0, 0.05) is 25.6 Å². The van der Waals surface area contributed by atoms with E-state index < -0.39 is 12.1 Å². The van der Waals surface area contributed by atoms with Crippen molar-refractivity contribution in [3.05, 3.63) is 34.9 Å². The molecule has 3 unspecified atom stereocenters. The molecule has 1 saturated heterocycles. The SMILES string of the molecule is CC(C)C(NC(=O)c1ccccc1Cl)C(=O)NCC1CNCC1O.Cl. The van der Waals surface area contributed by atoms with E-state index in [0.29, 0.717) is 30.2 Å². The number of carbonyl (C=O) groups excluding carboxylic acids is 2. The van der Waals surface area contributed by atoms with Crippen LogP contribution in [0.4, 0.5) is 0 Å². The first-order chi connectivity index (χ1) is 11.4. The summed E-state index contributed by atoms with van der Waals surface area (Å²) < 4.78 is 0. The van der Waals surface area contributed by atoms with Crippen LogP contribution in [0.15, 0.2) is 24.3 Å². The van der Waals surface area contributed by atoms with Crippen molar-refractivity contribution >= 4 is 35.8 Å². The number of hydrogen-bond acceptors (Lipinski definition) is 4. The highest BCUT2D eigenvalue weighted by molar-refractivity contribution is 6.33. The molecule has 2 rings (SSSR count). The van der Waals surface area contributed by atoms with Crippen molar-refractivity contribution in [1.82, 2.24) is 16.0 Å². The molecule has 1 aliphatic rings. The van der Waals surface area contributed by atoms with Crippen LogP contribution in [0.5, 0.6) is 0 Å². The van der Waals surface area contributed by atoms with Crippen LogP contribution in [-0.2, 0) is 4.79 Å². The normalized spacial score (nSPS) is 20.7. The number of nitrogens with one attached hydrogen (secondary N) is 3. The fourth-order valence-corrected chi connectivity index (χ4v) is 2.89. The molecule has 1 fully saturated rings. The molecule has 1 aromatic carbocycles. The summed E-state index contributed by atoms with van der Waals surface area (Å²) in [5, 5.41) is 18.8. The molecule has 25 heavy (non-hydrogen) atoms. The van der Waals surface area contributed by atoms with Crippen molar-refractivity contribution in [3.8, 4) is 0 Å². The molecular formula is C17H25Cl2N3O3. The second-order valence-electron chi connectivity index (χ2n) is 6.41. The fraction of sp³-hybridized carbons (Fsp3) is 0.529. The molecule has 4 N–H and O–H groups in total. The third-order valence-corrected chi connectivity index (χ3v) is 4.53. The Morgan fingerprint density at radius 2 is 2.00 bits per heavy atom. The van der Waals surface area contributed by atoms with Crippen molar-refractivity contribution in [2.45, 2.75) is 26.0 Å². The van der Waals surface area contributed by atoms with Crippen molar-refractivity contribution in [3.63, 3.8) is 0 Å². The minimum Gasteiger partial charge on any atom is -0.391 e. The summed E-state index contributed by atoms with van der Waals surface area (Å²) in [6.45, 7) is 5.31. The van der Waals surface area contributed by atoms with Crippen LogP contribution in [0, 0.1) is 11.8 Å². The van der Waals surface area contributed by atoms with E-state index in [1.54, 1.807) is 24.3 Å². The van der Waals surface area contributed by atoms with Gasteiger partial charge < -0.3 is 21.1 Å². The van der Waals surface area contributed by atoms with Gasteiger partial charge in [-0.2, -0.15) is 0 Å². The molecule has 0 radical (unpaired) electrons. The summed E-state index contributed by atoms with van der Waals surface area (Å²) >= 11 is 6.03. The van der Waals surface area contributed by atoms with E-state index in [1.165, 1.54) is 0 Å². The van der Waals surface area contributed by atoms with Gasteiger partial charge in [0.2, 0.25) is 5.91 Å². The van der Waals surface area contributed by atoms with Crippen LogP contribution in [0.25, 0.3) is 0 Å². The summed E-state index contributed by atoms with van der Waals surface area (Å²) in [5.74, 6) is -0.731. The third-order valence-electron chi connectivity index (χ3n) is 4.20. The topological polar surface area (TPSA) is 90.5 Å². The van der Waals surface area contributed by atoms with Crippen LogP contribution in [0.2, 0.25) is 5.02 Å². The first-order valence-electron chi connectivity index (χ1n) is 8.12. The van der Waals surface area contributed by atoms with Crippen LogP contribution in [-0.4, -0.2) is 48.7 Å². The van der Waals surface area contributed by atoms with E-state index >= 15 is 0 Å². The first-order valence-corrected chi connectivity index (χ1v) is 8.49. The molecule has 0 bridgehead atoms. The minimum atomic E-state index is -0.666. The van der Waals surface area contributed by atoms with Gasteiger partial charge in [-0.25, -0.2) is 0 Å². The van der Waals surface area contributed by atoms with Crippen molar-refractivity contribution in [2.75, 3.05) is 19.6 Å². The van der Waals surface area contributed by atoms with E-state index in [-0.39, 0.29) is 36.1 Å². The second-order valence-corrected chi connectivity index (χ2v) is 6.81. The van der Waals surface area contributed by atoms with E-state index in [1.807, 2.05) is 13.8 Å². The van der Waals surface area contributed by atoms with E-state index in [0.717, 1.165) is 0 Å². The molecule has 140 valence electrons. The average molecular weight is 390 g/mol. The summed E-state index contributed by atoms with van der Waals surface area (Å²) in [7, 11) is 0. The highest BCUT2D eigenvalue weighted by Crippen LogP contribution is 2.15. The van der Waals surface area contributed by atoms with Gasteiger partial charge >= 0.3 is 0 Å². The number of aliphatic hydroxyl groups excluding tert-OH is 1. The zero-order chi connectivity index (χ0) is 17.7. The molecular weight excluding hydrogens is 365 g/mol. The number of amides is 2. The van der Waals surface area contributed by atoms with Crippen LogP contribution < -0.4 is 16.0 Å². The van der Waals surface area contributed by atoms with Crippen LogP contribution in [0.3, 0.4) is 0 Å². The Bertz CT molecular complexity index is 598. The monoisotopic (exact) mass is 389 g/mol. The number of benzene rings is 1. The maximum atomic E-state index is 12.4. The van der Waals surface area contributed by atoms with Crippen molar-refractivity contribution < 1.29 is 14.7 Å². The lowest BCUT2D eigenvalue weighted by Crippen LogP contribution is -2.51. The molecule has 2 amide bonds. The number of carbonyl (C=O) groups is 2. The highest BCUT2D eigenvalue weighted by Gasteiger charge is 2.29. The number of hydrogen-bond donors (Lipinski definition) is 4. The maximum absolute atomic E-state index is 12.4. The lowest BCUT2D eigenvalue weighted by Gasteiger charge is -2.23. The van der Waals surface area contributed by atoms with Crippen molar-refractivity contribution in [2.24, 2.45) is 11.8 Å². The summed E-state index contributed by atoms with van der Waals surface area (Å²) in [6, 6.07) is 6.05. The molecule has 1 aliphatic heterocycles. The largest absolute Gasteiger partial charge is 0.391 e. The molecule has 0 aliphatic carbocycles. The highest BCUT2D eigenvalue weighted by atomic mass is 35.5. The Kier molecular flexibility index (Phi) is 8.65. The van der Waals surface area contributed by atoms with E-state index in [2.05, 4.69) is 16.0 Å². The lowest BCUT2D eigenvalue weighted by molar-refractivity contribution is -0.124. The Hall–Kier alpha value is -1.34. The Balaban J connectivity index is 0.00000312. The summed E-state index contributed by atoms with van der Waals surface area (Å²) in [5.41, 5.74) is 0.341. The molecule has 6 nitrogen and oxygen atoms in total. The standard InChI is InChI=1S/C17H24ClN3O3.ClH/c1-10(2)15(17(24)20-8-11-7-19-9-14(11)22)21-16(23)12-5-3-4-6-13(12)18;/h3-6,10-11,14-15,19,22H,7-9H2,1-2H3,(H,20,24)(H,21,23);1H. The van der Waals surface area contributed by atoms with Gasteiger partial charge in [-0.15, -0.1) is 12.4 Å². The Labute approximate surface area is 159 Å². The first kappa shape index (κ1) is 21.7. The maximum Gasteiger partial charge on any atom is 0.253 e. The zero-order valence-corrected chi connectivity index (χ0v) is 15.9. The van der Waals surface area contributed by atoms with Crippen LogP contribution >= 0.6 is 24.0 Å². The summed E-state index contributed by atoms with van der Waals surface area (Å²) in [4.78, 5) is 24.8. The molecule has 3 atom stereocenters. The van der Waals surface area contributed by atoms with Crippen molar-refractivity contribution in [1.29, 1.82) is 0 Å².